The third kappa shape index (κ3) is 3.32. The normalized spacial score (nSPS) is 14.4. The number of halogens is 1. The van der Waals surface area contributed by atoms with E-state index in [4.69, 9.17) is 11.6 Å². The highest BCUT2D eigenvalue weighted by molar-refractivity contribution is 7.99. The van der Waals surface area contributed by atoms with Crippen molar-refractivity contribution in [2.75, 3.05) is 24.6 Å². The van der Waals surface area contributed by atoms with Crippen LogP contribution in [0.4, 0.5) is 0 Å². The predicted molar refractivity (Wildman–Crippen MR) is 103 cm³/mol. The number of aromatic nitrogens is 4. The molecule has 0 N–H and O–H groups in total. The van der Waals surface area contributed by atoms with Crippen molar-refractivity contribution in [3.8, 4) is 16.9 Å². The van der Waals surface area contributed by atoms with Crippen molar-refractivity contribution < 1.29 is 4.79 Å². The lowest BCUT2D eigenvalue weighted by atomic mass is 10.1. The van der Waals surface area contributed by atoms with Gasteiger partial charge in [0.15, 0.2) is 5.69 Å². The van der Waals surface area contributed by atoms with E-state index in [1.165, 1.54) is 0 Å². The Bertz CT molecular complexity index is 907. The maximum atomic E-state index is 13.1. The van der Waals surface area contributed by atoms with E-state index in [2.05, 4.69) is 15.3 Å². The summed E-state index contributed by atoms with van der Waals surface area (Å²) in [5, 5.41) is 9.13. The molecule has 0 saturated carbocycles. The summed E-state index contributed by atoms with van der Waals surface area (Å²) in [6.45, 7) is 1.46. The zero-order valence-corrected chi connectivity index (χ0v) is 15.5. The van der Waals surface area contributed by atoms with Crippen LogP contribution in [-0.4, -0.2) is 55.4 Å². The second-order valence-corrected chi connectivity index (χ2v) is 7.48. The molecule has 1 amide bonds. The van der Waals surface area contributed by atoms with Gasteiger partial charge in [-0.2, -0.15) is 11.8 Å². The van der Waals surface area contributed by atoms with Crippen molar-refractivity contribution in [3.63, 3.8) is 0 Å². The molecule has 3 heterocycles. The standard InChI is InChI=1S/C18H16ClN5OS/c19-14-1-3-15(4-2-14)24-17(13-5-7-20-8-6-13)16(21-22-24)18(25)23-9-11-26-12-10-23/h1-8H,9-12H2. The number of carbonyl (C=O) groups is 1. The molecule has 8 heteroatoms. The number of pyridine rings is 1. The maximum absolute atomic E-state index is 13.1. The Morgan fingerprint density at radius 2 is 1.73 bits per heavy atom. The van der Waals surface area contributed by atoms with Gasteiger partial charge in [0.05, 0.1) is 5.69 Å². The van der Waals surface area contributed by atoms with Crippen LogP contribution in [0.1, 0.15) is 10.5 Å². The van der Waals surface area contributed by atoms with Crippen LogP contribution in [0.3, 0.4) is 0 Å². The van der Waals surface area contributed by atoms with Crippen molar-refractivity contribution in [1.29, 1.82) is 0 Å². The molecule has 26 heavy (non-hydrogen) atoms. The summed E-state index contributed by atoms with van der Waals surface area (Å²) in [7, 11) is 0. The Labute approximate surface area is 160 Å². The number of carbonyl (C=O) groups excluding carboxylic acids is 1. The molecule has 0 radical (unpaired) electrons. The topological polar surface area (TPSA) is 63.9 Å². The summed E-state index contributed by atoms with van der Waals surface area (Å²) in [5.74, 6) is 1.81. The Hall–Kier alpha value is -2.38. The first-order valence-corrected chi connectivity index (χ1v) is 9.76. The van der Waals surface area contributed by atoms with Gasteiger partial charge in [-0.1, -0.05) is 16.8 Å². The predicted octanol–water partition coefficient (Wildman–Crippen LogP) is 3.17. The summed E-state index contributed by atoms with van der Waals surface area (Å²) < 4.78 is 1.68. The van der Waals surface area contributed by atoms with Gasteiger partial charge in [-0.25, -0.2) is 4.68 Å². The molecule has 0 spiro atoms. The van der Waals surface area contributed by atoms with Gasteiger partial charge in [0, 0.05) is 47.6 Å². The molecule has 1 aliphatic heterocycles. The molecule has 132 valence electrons. The lowest BCUT2D eigenvalue weighted by Crippen LogP contribution is -2.38. The number of thioether (sulfide) groups is 1. The fourth-order valence-electron chi connectivity index (χ4n) is 2.87. The molecule has 1 aromatic carbocycles. The molecule has 1 aliphatic rings. The van der Waals surface area contributed by atoms with E-state index in [1.54, 1.807) is 29.2 Å². The van der Waals surface area contributed by atoms with E-state index < -0.39 is 0 Å². The summed E-state index contributed by atoms with van der Waals surface area (Å²) in [5.41, 5.74) is 2.66. The van der Waals surface area contributed by atoms with Crippen molar-refractivity contribution in [2.45, 2.75) is 0 Å². The number of amides is 1. The zero-order chi connectivity index (χ0) is 17.9. The van der Waals surface area contributed by atoms with Gasteiger partial charge in [-0.3, -0.25) is 9.78 Å². The number of rotatable bonds is 3. The Kier molecular flexibility index (Phi) is 4.90. The van der Waals surface area contributed by atoms with Crippen LogP contribution in [0.15, 0.2) is 48.8 Å². The summed E-state index contributed by atoms with van der Waals surface area (Å²) in [6.07, 6.45) is 3.39. The van der Waals surface area contributed by atoms with Crippen LogP contribution in [0.25, 0.3) is 16.9 Å². The minimum Gasteiger partial charge on any atom is -0.336 e. The molecule has 0 bridgehead atoms. The van der Waals surface area contributed by atoms with Crippen LogP contribution < -0.4 is 0 Å². The third-order valence-electron chi connectivity index (χ3n) is 4.20. The molecule has 2 aromatic heterocycles. The van der Waals surface area contributed by atoms with E-state index in [-0.39, 0.29) is 5.91 Å². The minimum atomic E-state index is -0.0858. The quantitative estimate of drug-likeness (QED) is 0.692. The zero-order valence-electron chi connectivity index (χ0n) is 13.9. The van der Waals surface area contributed by atoms with Gasteiger partial charge in [-0.05, 0) is 36.4 Å². The fourth-order valence-corrected chi connectivity index (χ4v) is 3.90. The molecule has 0 unspecified atom stereocenters. The molecule has 6 nitrogen and oxygen atoms in total. The van der Waals surface area contributed by atoms with Crippen molar-refractivity contribution in [3.05, 3.63) is 59.5 Å². The van der Waals surface area contributed by atoms with Crippen molar-refractivity contribution >= 4 is 29.3 Å². The molecule has 1 saturated heterocycles. The summed E-state index contributed by atoms with van der Waals surface area (Å²) >= 11 is 7.86. The number of hydrogen-bond acceptors (Lipinski definition) is 5. The van der Waals surface area contributed by atoms with E-state index >= 15 is 0 Å². The second kappa shape index (κ2) is 7.47. The number of benzene rings is 1. The van der Waals surface area contributed by atoms with Gasteiger partial charge >= 0.3 is 0 Å². The monoisotopic (exact) mass is 385 g/mol. The van der Waals surface area contributed by atoms with Crippen LogP contribution >= 0.6 is 23.4 Å². The number of hydrogen-bond donors (Lipinski definition) is 0. The van der Waals surface area contributed by atoms with Crippen LogP contribution in [0, 0.1) is 0 Å². The Balaban J connectivity index is 1.82. The first kappa shape index (κ1) is 17.1. The van der Waals surface area contributed by atoms with Gasteiger partial charge < -0.3 is 4.90 Å². The molecular formula is C18H16ClN5OS. The summed E-state index contributed by atoms with van der Waals surface area (Å²) in [4.78, 5) is 19.0. The van der Waals surface area contributed by atoms with E-state index in [9.17, 15) is 4.79 Å². The first-order valence-electron chi connectivity index (χ1n) is 8.23. The lowest BCUT2D eigenvalue weighted by molar-refractivity contribution is 0.0767. The van der Waals surface area contributed by atoms with E-state index in [0.717, 1.165) is 35.8 Å². The van der Waals surface area contributed by atoms with Gasteiger partial charge in [0.2, 0.25) is 0 Å². The van der Waals surface area contributed by atoms with E-state index in [1.807, 2.05) is 40.9 Å². The van der Waals surface area contributed by atoms with Crippen molar-refractivity contribution in [2.24, 2.45) is 0 Å². The second-order valence-electron chi connectivity index (χ2n) is 5.82. The number of nitrogens with zero attached hydrogens (tertiary/aromatic N) is 5. The van der Waals surface area contributed by atoms with E-state index in [0.29, 0.717) is 16.4 Å². The Morgan fingerprint density at radius 1 is 1.04 bits per heavy atom. The highest BCUT2D eigenvalue weighted by atomic mass is 35.5. The minimum absolute atomic E-state index is 0.0858. The molecule has 0 atom stereocenters. The highest BCUT2D eigenvalue weighted by Crippen LogP contribution is 2.27. The lowest BCUT2D eigenvalue weighted by Gasteiger charge is -2.25. The molecule has 4 rings (SSSR count). The third-order valence-corrected chi connectivity index (χ3v) is 5.39. The molecular weight excluding hydrogens is 370 g/mol. The molecule has 1 fully saturated rings. The Morgan fingerprint density at radius 3 is 2.42 bits per heavy atom. The van der Waals surface area contributed by atoms with Crippen LogP contribution in [0.5, 0.6) is 0 Å². The average molecular weight is 386 g/mol. The molecule has 0 aliphatic carbocycles. The first-order chi connectivity index (χ1) is 12.7. The van der Waals surface area contributed by atoms with Crippen LogP contribution in [-0.2, 0) is 0 Å². The highest BCUT2D eigenvalue weighted by Gasteiger charge is 2.27. The maximum Gasteiger partial charge on any atom is 0.276 e. The largest absolute Gasteiger partial charge is 0.336 e. The fraction of sp³-hybridized carbons (Fsp3) is 0.222. The van der Waals surface area contributed by atoms with Gasteiger partial charge in [0.25, 0.3) is 5.91 Å². The van der Waals surface area contributed by atoms with Crippen LogP contribution in [0.2, 0.25) is 5.02 Å². The van der Waals surface area contributed by atoms with Gasteiger partial charge in [-0.15, -0.1) is 5.10 Å². The van der Waals surface area contributed by atoms with Gasteiger partial charge in [0.1, 0.15) is 5.69 Å². The van der Waals surface area contributed by atoms with Crippen molar-refractivity contribution in [1.82, 2.24) is 24.9 Å². The molecule has 3 aromatic rings. The SMILES string of the molecule is O=C(c1nnn(-c2ccc(Cl)cc2)c1-c1ccncc1)N1CCSCC1. The summed E-state index contributed by atoms with van der Waals surface area (Å²) in [6, 6.07) is 11.0. The average Bonchev–Trinajstić information content (AvgIpc) is 3.14. The smallest absolute Gasteiger partial charge is 0.276 e.